The van der Waals surface area contributed by atoms with Gasteiger partial charge in [0, 0.05) is 11.6 Å². The van der Waals surface area contributed by atoms with Gasteiger partial charge in [-0.05, 0) is 24.5 Å². The molecule has 0 bridgehead atoms. The third-order valence-corrected chi connectivity index (χ3v) is 2.83. The summed E-state index contributed by atoms with van der Waals surface area (Å²) in [6.07, 6.45) is -4.39. The normalized spacial score (nSPS) is 14.1. The molecule has 18 heavy (non-hydrogen) atoms. The summed E-state index contributed by atoms with van der Waals surface area (Å²) in [4.78, 5) is 0. The summed E-state index contributed by atoms with van der Waals surface area (Å²) in [6.45, 7) is 3.60. The second kappa shape index (κ2) is 5.45. The van der Waals surface area contributed by atoms with Gasteiger partial charge in [0.2, 0.25) is 0 Å². The molecular weight excluding hydrogens is 270 g/mol. The summed E-state index contributed by atoms with van der Waals surface area (Å²) in [5, 5.41) is -0.350. The van der Waals surface area contributed by atoms with Gasteiger partial charge in [-0.1, -0.05) is 25.4 Å². The Kier molecular flexibility index (Phi) is 4.61. The van der Waals surface area contributed by atoms with Gasteiger partial charge >= 0.3 is 6.18 Å². The molecule has 1 aromatic carbocycles. The van der Waals surface area contributed by atoms with Crippen LogP contribution in [-0.4, -0.2) is 0 Å². The zero-order chi connectivity index (χ0) is 14.1. The predicted octanol–water partition coefficient (Wildman–Crippen LogP) is 4.54. The van der Waals surface area contributed by atoms with Crippen molar-refractivity contribution < 1.29 is 17.6 Å². The van der Waals surface area contributed by atoms with E-state index in [9.17, 15) is 17.6 Å². The number of hydrogen-bond donors (Lipinski definition) is 1. The van der Waals surface area contributed by atoms with Crippen molar-refractivity contribution >= 4 is 11.6 Å². The van der Waals surface area contributed by atoms with E-state index in [0.717, 1.165) is 12.1 Å². The van der Waals surface area contributed by atoms with E-state index in [-0.39, 0.29) is 17.4 Å². The van der Waals surface area contributed by atoms with Crippen LogP contribution in [0, 0.1) is 11.7 Å². The number of nitrogens with two attached hydrogens (primary N) is 1. The molecule has 0 aliphatic rings. The molecule has 0 spiro atoms. The van der Waals surface area contributed by atoms with Gasteiger partial charge in [-0.15, -0.1) is 0 Å². The van der Waals surface area contributed by atoms with E-state index in [0.29, 0.717) is 0 Å². The Morgan fingerprint density at radius 1 is 1.28 bits per heavy atom. The number of hydrogen-bond acceptors (Lipinski definition) is 1. The first-order valence-electron chi connectivity index (χ1n) is 5.45. The molecule has 102 valence electrons. The first-order valence-corrected chi connectivity index (χ1v) is 5.83. The minimum Gasteiger partial charge on any atom is -0.324 e. The second-order valence-electron chi connectivity index (χ2n) is 4.56. The monoisotopic (exact) mass is 283 g/mol. The van der Waals surface area contributed by atoms with Crippen LogP contribution in [0.2, 0.25) is 5.02 Å². The standard InChI is InChI=1S/C12H14ClF4N/c1-6(2)5-9(18)10-7(12(15,16)17)3-4-8(13)11(10)14/h3-4,6,9H,5,18H2,1-2H3/t9-/m1/s1. The van der Waals surface area contributed by atoms with Crippen molar-refractivity contribution in [2.24, 2.45) is 11.7 Å². The molecule has 0 radical (unpaired) electrons. The highest BCUT2D eigenvalue weighted by Crippen LogP contribution is 2.38. The van der Waals surface area contributed by atoms with E-state index in [1.165, 1.54) is 0 Å². The molecule has 1 rings (SSSR count). The average molecular weight is 284 g/mol. The first-order chi connectivity index (χ1) is 8.14. The maximum absolute atomic E-state index is 13.8. The molecule has 0 aliphatic carbocycles. The van der Waals surface area contributed by atoms with Crippen LogP contribution in [0.15, 0.2) is 12.1 Å². The van der Waals surface area contributed by atoms with E-state index in [1.54, 1.807) is 13.8 Å². The van der Waals surface area contributed by atoms with Crippen molar-refractivity contribution in [1.29, 1.82) is 0 Å². The van der Waals surface area contributed by atoms with Gasteiger partial charge in [0.15, 0.2) is 0 Å². The molecule has 0 saturated heterocycles. The summed E-state index contributed by atoms with van der Waals surface area (Å²) < 4.78 is 52.2. The number of rotatable bonds is 3. The zero-order valence-electron chi connectivity index (χ0n) is 9.98. The second-order valence-corrected chi connectivity index (χ2v) is 4.96. The molecule has 2 N–H and O–H groups in total. The van der Waals surface area contributed by atoms with Crippen LogP contribution in [0.25, 0.3) is 0 Å². The van der Waals surface area contributed by atoms with Crippen LogP contribution in [0.5, 0.6) is 0 Å². The van der Waals surface area contributed by atoms with Crippen LogP contribution in [0.1, 0.15) is 37.4 Å². The Morgan fingerprint density at radius 2 is 1.83 bits per heavy atom. The minimum absolute atomic E-state index is 0.0551. The van der Waals surface area contributed by atoms with E-state index in [2.05, 4.69) is 0 Å². The van der Waals surface area contributed by atoms with E-state index in [1.807, 2.05) is 0 Å². The maximum Gasteiger partial charge on any atom is 0.416 e. The lowest BCUT2D eigenvalue weighted by atomic mass is 9.93. The lowest BCUT2D eigenvalue weighted by Gasteiger charge is -2.21. The Morgan fingerprint density at radius 3 is 2.28 bits per heavy atom. The Hall–Kier alpha value is -0.810. The van der Waals surface area contributed by atoms with E-state index < -0.39 is 29.2 Å². The molecule has 0 aliphatic heterocycles. The Bertz CT molecular complexity index is 429. The molecule has 6 heteroatoms. The molecule has 1 nitrogen and oxygen atoms in total. The van der Waals surface area contributed by atoms with Crippen molar-refractivity contribution in [1.82, 2.24) is 0 Å². The third kappa shape index (κ3) is 3.36. The van der Waals surface area contributed by atoms with Crippen molar-refractivity contribution in [2.45, 2.75) is 32.5 Å². The number of alkyl halides is 3. The molecule has 0 aromatic heterocycles. The van der Waals surface area contributed by atoms with Gasteiger partial charge < -0.3 is 5.73 Å². The van der Waals surface area contributed by atoms with Gasteiger partial charge in [0.25, 0.3) is 0 Å². The summed E-state index contributed by atoms with van der Waals surface area (Å²) in [6, 6.07) is 0.631. The van der Waals surface area contributed by atoms with Crippen molar-refractivity contribution in [3.63, 3.8) is 0 Å². The quantitative estimate of drug-likeness (QED) is 0.810. The van der Waals surface area contributed by atoms with Gasteiger partial charge in [-0.25, -0.2) is 4.39 Å². The fourth-order valence-electron chi connectivity index (χ4n) is 1.80. The van der Waals surface area contributed by atoms with Crippen LogP contribution < -0.4 is 5.73 Å². The van der Waals surface area contributed by atoms with Crippen molar-refractivity contribution in [3.05, 3.63) is 34.1 Å². The van der Waals surface area contributed by atoms with Crippen LogP contribution in [-0.2, 0) is 6.18 Å². The smallest absolute Gasteiger partial charge is 0.324 e. The first kappa shape index (κ1) is 15.2. The molecule has 1 aromatic rings. The predicted molar refractivity (Wildman–Crippen MR) is 62.8 cm³/mol. The maximum atomic E-state index is 13.8. The lowest BCUT2D eigenvalue weighted by Crippen LogP contribution is -2.21. The van der Waals surface area contributed by atoms with Crippen molar-refractivity contribution in [2.75, 3.05) is 0 Å². The van der Waals surface area contributed by atoms with Gasteiger partial charge in [0.1, 0.15) is 5.82 Å². The Labute approximate surface area is 108 Å². The topological polar surface area (TPSA) is 26.0 Å². The molecule has 1 atom stereocenters. The third-order valence-electron chi connectivity index (χ3n) is 2.53. The summed E-state index contributed by atoms with van der Waals surface area (Å²) in [5.74, 6) is -1.03. The zero-order valence-corrected chi connectivity index (χ0v) is 10.7. The highest BCUT2D eigenvalue weighted by molar-refractivity contribution is 6.30. The van der Waals surface area contributed by atoms with Crippen LogP contribution in [0.4, 0.5) is 17.6 Å². The minimum atomic E-state index is -4.64. The summed E-state index contributed by atoms with van der Waals surface area (Å²) in [7, 11) is 0. The molecule has 0 fully saturated rings. The fraction of sp³-hybridized carbons (Fsp3) is 0.500. The van der Waals surface area contributed by atoms with E-state index in [4.69, 9.17) is 17.3 Å². The molecule has 0 unspecified atom stereocenters. The number of benzene rings is 1. The molecule has 0 saturated carbocycles. The van der Waals surface area contributed by atoms with Gasteiger partial charge in [-0.3, -0.25) is 0 Å². The fourth-order valence-corrected chi connectivity index (χ4v) is 1.97. The molecule has 0 amide bonds. The highest BCUT2D eigenvalue weighted by atomic mass is 35.5. The van der Waals surface area contributed by atoms with E-state index >= 15 is 0 Å². The SMILES string of the molecule is CC(C)C[C@@H](N)c1c(C(F)(F)F)ccc(Cl)c1F. The summed E-state index contributed by atoms with van der Waals surface area (Å²) in [5.41, 5.74) is 4.05. The largest absolute Gasteiger partial charge is 0.416 e. The average Bonchev–Trinajstić information content (AvgIpc) is 2.18. The van der Waals surface area contributed by atoms with Gasteiger partial charge in [0.05, 0.1) is 10.6 Å². The Balaban J connectivity index is 3.34. The van der Waals surface area contributed by atoms with Crippen LogP contribution >= 0.6 is 11.6 Å². The lowest BCUT2D eigenvalue weighted by molar-refractivity contribution is -0.138. The van der Waals surface area contributed by atoms with Crippen LogP contribution in [0.3, 0.4) is 0 Å². The highest BCUT2D eigenvalue weighted by Gasteiger charge is 2.36. The van der Waals surface area contributed by atoms with Gasteiger partial charge in [-0.2, -0.15) is 13.2 Å². The van der Waals surface area contributed by atoms with Crippen molar-refractivity contribution in [3.8, 4) is 0 Å². The number of halogens is 5. The summed E-state index contributed by atoms with van der Waals surface area (Å²) >= 11 is 5.52. The molecule has 0 heterocycles. The molecular formula is C12H14ClF4N.